The predicted molar refractivity (Wildman–Crippen MR) is 111 cm³/mol. The summed E-state index contributed by atoms with van der Waals surface area (Å²) >= 11 is 2.94. The maximum absolute atomic E-state index is 9.70. The Morgan fingerprint density at radius 1 is 1.25 bits per heavy atom. The number of nitrogens with zero attached hydrogens (tertiary/aromatic N) is 4. The van der Waals surface area contributed by atoms with Gasteiger partial charge in [0.15, 0.2) is 16.7 Å². The van der Waals surface area contributed by atoms with E-state index in [2.05, 4.69) is 21.0 Å². The van der Waals surface area contributed by atoms with Gasteiger partial charge in [0.05, 0.1) is 18.4 Å². The van der Waals surface area contributed by atoms with Gasteiger partial charge in [-0.05, 0) is 43.7 Å². The van der Waals surface area contributed by atoms with Gasteiger partial charge in [-0.3, -0.25) is 0 Å². The van der Waals surface area contributed by atoms with Crippen molar-refractivity contribution in [1.29, 1.82) is 5.26 Å². The molecule has 6 nitrogen and oxygen atoms in total. The van der Waals surface area contributed by atoms with E-state index in [1.54, 1.807) is 18.2 Å². The van der Waals surface area contributed by atoms with E-state index in [0.29, 0.717) is 22.1 Å². The minimum Gasteiger partial charge on any atom is -0.504 e. The fourth-order valence-electron chi connectivity index (χ4n) is 2.49. The average molecular weight is 411 g/mol. The molecular formula is C20H18N4O2S2. The highest BCUT2D eigenvalue weighted by molar-refractivity contribution is 7.98. The zero-order valence-corrected chi connectivity index (χ0v) is 17.3. The molecule has 3 aromatic rings. The predicted octanol–water partition coefficient (Wildman–Crippen LogP) is 4.62. The summed E-state index contributed by atoms with van der Waals surface area (Å²) < 4.78 is 5.11. The van der Waals surface area contributed by atoms with Crippen LogP contribution in [0.1, 0.15) is 27.7 Å². The molecule has 0 aliphatic rings. The second kappa shape index (κ2) is 8.87. The van der Waals surface area contributed by atoms with E-state index >= 15 is 0 Å². The molecule has 0 aliphatic heterocycles. The molecule has 0 aliphatic carbocycles. The summed E-state index contributed by atoms with van der Waals surface area (Å²) in [5, 5.41) is 22.5. The van der Waals surface area contributed by atoms with E-state index < -0.39 is 0 Å². The Hall–Kier alpha value is -2.89. The first kappa shape index (κ1) is 19.9. The van der Waals surface area contributed by atoms with Crippen LogP contribution in [0, 0.1) is 25.2 Å². The SMILES string of the molecule is COc1cc(/C=C(\C#N)c2nc(CSc3nc(C)cc(C)n3)cs2)ccc1O. The van der Waals surface area contributed by atoms with Crippen molar-refractivity contribution in [3.63, 3.8) is 0 Å². The number of aromatic nitrogens is 3. The van der Waals surface area contributed by atoms with Crippen molar-refractivity contribution in [2.45, 2.75) is 24.8 Å². The van der Waals surface area contributed by atoms with Gasteiger partial charge in [0.25, 0.3) is 0 Å². The van der Waals surface area contributed by atoms with Gasteiger partial charge in [-0.25, -0.2) is 15.0 Å². The van der Waals surface area contributed by atoms with Crippen molar-refractivity contribution in [1.82, 2.24) is 15.0 Å². The molecule has 0 unspecified atom stereocenters. The highest BCUT2D eigenvalue weighted by Gasteiger charge is 2.10. The van der Waals surface area contributed by atoms with Gasteiger partial charge in [0.1, 0.15) is 11.1 Å². The Kier molecular flexibility index (Phi) is 6.29. The number of hydrogen-bond acceptors (Lipinski definition) is 8. The van der Waals surface area contributed by atoms with Crippen LogP contribution in [0.2, 0.25) is 0 Å². The number of thioether (sulfide) groups is 1. The number of methoxy groups -OCH3 is 1. The van der Waals surface area contributed by atoms with Crippen molar-refractivity contribution in [3.8, 4) is 17.6 Å². The summed E-state index contributed by atoms with van der Waals surface area (Å²) in [7, 11) is 1.48. The molecule has 0 saturated heterocycles. The molecule has 142 valence electrons. The molecule has 0 fully saturated rings. The number of hydrogen-bond donors (Lipinski definition) is 1. The van der Waals surface area contributed by atoms with E-state index in [1.165, 1.54) is 36.3 Å². The minimum atomic E-state index is 0.0559. The number of rotatable bonds is 6. The van der Waals surface area contributed by atoms with Crippen LogP contribution in [0.5, 0.6) is 11.5 Å². The third kappa shape index (κ3) is 4.88. The zero-order valence-electron chi connectivity index (χ0n) is 15.6. The van der Waals surface area contributed by atoms with Crippen molar-refractivity contribution >= 4 is 34.7 Å². The van der Waals surface area contributed by atoms with E-state index in [0.717, 1.165) is 27.8 Å². The van der Waals surface area contributed by atoms with Gasteiger partial charge in [0.2, 0.25) is 0 Å². The lowest BCUT2D eigenvalue weighted by Gasteiger charge is -2.04. The van der Waals surface area contributed by atoms with Crippen LogP contribution in [0.4, 0.5) is 0 Å². The molecule has 8 heteroatoms. The topological polar surface area (TPSA) is 91.9 Å². The lowest BCUT2D eigenvalue weighted by molar-refractivity contribution is 0.373. The van der Waals surface area contributed by atoms with E-state index in [4.69, 9.17) is 4.74 Å². The van der Waals surface area contributed by atoms with Crippen molar-refractivity contribution in [2.24, 2.45) is 0 Å². The van der Waals surface area contributed by atoms with Gasteiger partial charge in [-0.15, -0.1) is 11.3 Å². The largest absolute Gasteiger partial charge is 0.504 e. The Balaban J connectivity index is 1.76. The summed E-state index contributed by atoms with van der Waals surface area (Å²) in [5.74, 6) is 1.04. The molecule has 0 radical (unpaired) electrons. The summed E-state index contributed by atoms with van der Waals surface area (Å²) in [6.07, 6.45) is 1.73. The van der Waals surface area contributed by atoms with Gasteiger partial charge >= 0.3 is 0 Å². The number of nitriles is 1. The third-order valence-electron chi connectivity index (χ3n) is 3.73. The Morgan fingerprint density at radius 2 is 2.00 bits per heavy atom. The van der Waals surface area contributed by atoms with Crippen LogP contribution >= 0.6 is 23.1 Å². The number of ether oxygens (including phenoxy) is 1. The number of allylic oxidation sites excluding steroid dienone is 1. The Labute approximate surface area is 171 Å². The van der Waals surface area contributed by atoms with Crippen LogP contribution in [0.3, 0.4) is 0 Å². The first-order valence-corrected chi connectivity index (χ1v) is 10.2. The van der Waals surface area contributed by atoms with E-state index in [-0.39, 0.29) is 5.75 Å². The van der Waals surface area contributed by atoms with Gasteiger partial charge in [0, 0.05) is 22.5 Å². The van der Waals surface area contributed by atoms with Crippen LogP contribution in [-0.4, -0.2) is 27.2 Å². The van der Waals surface area contributed by atoms with Gasteiger partial charge in [-0.2, -0.15) is 5.26 Å². The van der Waals surface area contributed by atoms with Gasteiger partial charge < -0.3 is 9.84 Å². The molecular weight excluding hydrogens is 392 g/mol. The van der Waals surface area contributed by atoms with E-state index in [9.17, 15) is 10.4 Å². The second-order valence-electron chi connectivity index (χ2n) is 5.97. The molecule has 0 amide bonds. The maximum atomic E-state index is 9.70. The van der Waals surface area contributed by atoms with Crippen molar-refractivity contribution in [3.05, 3.63) is 57.3 Å². The quantitative estimate of drug-likeness (QED) is 0.360. The summed E-state index contributed by atoms with van der Waals surface area (Å²) in [4.78, 5) is 13.4. The molecule has 28 heavy (non-hydrogen) atoms. The van der Waals surface area contributed by atoms with Gasteiger partial charge in [-0.1, -0.05) is 17.8 Å². The fourth-order valence-corrected chi connectivity index (χ4v) is 4.22. The third-order valence-corrected chi connectivity index (χ3v) is 5.53. The minimum absolute atomic E-state index is 0.0559. The number of benzene rings is 1. The molecule has 0 saturated carbocycles. The molecule has 0 atom stereocenters. The van der Waals surface area contributed by atoms with Crippen LogP contribution in [0.15, 0.2) is 34.8 Å². The summed E-state index contributed by atoms with van der Waals surface area (Å²) in [6, 6.07) is 9.06. The maximum Gasteiger partial charge on any atom is 0.188 e. The van der Waals surface area contributed by atoms with Crippen LogP contribution in [0.25, 0.3) is 11.6 Å². The highest BCUT2D eigenvalue weighted by atomic mass is 32.2. The van der Waals surface area contributed by atoms with Crippen molar-refractivity contribution in [2.75, 3.05) is 7.11 Å². The molecule has 0 spiro atoms. The molecule has 1 N–H and O–H groups in total. The lowest BCUT2D eigenvalue weighted by Crippen LogP contribution is -1.93. The molecule has 3 rings (SSSR count). The number of thiazole rings is 1. The van der Waals surface area contributed by atoms with Crippen LogP contribution in [-0.2, 0) is 5.75 Å². The summed E-state index contributed by atoms with van der Waals surface area (Å²) in [5.41, 5.74) is 3.95. The lowest BCUT2D eigenvalue weighted by atomic mass is 10.1. The molecule has 2 aromatic heterocycles. The van der Waals surface area contributed by atoms with Crippen LogP contribution < -0.4 is 4.74 Å². The Morgan fingerprint density at radius 3 is 2.68 bits per heavy atom. The number of aromatic hydroxyl groups is 1. The second-order valence-corrected chi connectivity index (χ2v) is 7.77. The van der Waals surface area contributed by atoms with E-state index in [1.807, 2.05) is 25.3 Å². The molecule has 1 aromatic carbocycles. The van der Waals surface area contributed by atoms with Crippen molar-refractivity contribution < 1.29 is 9.84 Å². The normalized spacial score (nSPS) is 11.3. The smallest absolute Gasteiger partial charge is 0.188 e. The average Bonchev–Trinajstić information content (AvgIpc) is 3.14. The zero-order chi connectivity index (χ0) is 20.1. The molecule has 2 heterocycles. The number of phenols is 1. The number of phenolic OH excluding ortho intramolecular Hbond substituents is 1. The first-order chi connectivity index (χ1) is 13.5. The Bertz CT molecular complexity index is 1050. The summed E-state index contributed by atoms with van der Waals surface area (Å²) in [6.45, 7) is 3.89. The molecule has 0 bridgehead atoms. The number of aryl methyl sites for hydroxylation is 2. The highest BCUT2D eigenvalue weighted by Crippen LogP contribution is 2.29. The standard InChI is InChI=1S/C20H18N4O2S2/c1-12-6-13(2)23-20(22-12)28-11-16-10-27-19(24-16)15(9-21)7-14-4-5-17(25)18(8-14)26-3/h4-8,10,25H,11H2,1-3H3/b15-7+. The fraction of sp³-hybridized carbons (Fsp3) is 0.200. The monoisotopic (exact) mass is 410 g/mol. The first-order valence-electron chi connectivity index (χ1n) is 8.37.